The minimum atomic E-state index is 1.04. The van der Waals surface area contributed by atoms with E-state index in [-0.39, 0.29) is 0 Å². The quantitative estimate of drug-likeness (QED) is 0.566. The van der Waals surface area contributed by atoms with Crippen LogP contribution in [0.15, 0.2) is 0 Å². The van der Waals surface area contributed by atoms with Gasteiger partial charge in [-0.15, -0.1) is 0 Å². The molecule has 3 fully saturated rings. The molecule has 0 heteroatoms. The van der Waals surface area contributed by atoms with Gasteiger partial charge in [-0.2, -0.15) is 0 Å². The Morgan fingerprint density at radius 3 is 2.46 bits per heavy atom. The summed E-state index contributed by atoms with van der Waals surface area (Å²) in [5.74, 6) is 4.29. The Morgan fingerprint density at radius 2 is 1.77 bits per heavy atom. The zero-order valence-corrected chi connectivity index (χ0v) is 9.26. The van der Waals surface area contributed by atoms with Crippen LogP contribution < -0.4 is 0 Å². The van der Waals surface area contributed by atoms with Crippen LogP contribution in [0.2, 0.25) is 0 Å². The molecule has 0 N–H and O–H groups in total. The second-order valence-electron chi connectivity index (χ2n) is 5.41. The Morgan fingerprint density at radius 1 is 1.00 bits per heavy atom. The third kappa shape index (κ3) is 1.92. The van der Waals surface area contributed by atoms with Crippen molar-refractivity contribution in [3.05, 3.63) is 0 Å². The average Bonchev–Trinajstić information content (AvgIpc) is 2.09. The first kappa shape index (κ1) is 9.55. The predicted octanol–water partition coefficient (Wildman–Crippen LogP) is 4.25. The molecule has 3 saturated carbocycles. The van der Waals surface area contributed by atoms with Crippen LogP contribution in [-0.4, -0.2) is 0 Å². The van der Waals surface area contributed by atoms with Crippen molar-refractivity contribution in [2.24, 2.45) is 23.7 Å². The summed E-state index contributed by atoms with van der Waals surface area (Å²) in [5.41, 5.74) is 0. The van der Waals surface area contributed by atoms with Crippen LogP contribution in [0.4, 0.5) is 0 Å². The van der Waals surface area contributed by atoms with Gasteiger partial charge in [-0.25, -0.2) is 0 Å². The van der Waals surface area contributed by atoms with Crippen molar-refractivity contribution < 1.29 is 0 Å². The van der Waals surface area contributed by atoms with Crippen molar-refractivity contribution >= 4 is 0 Å². The van der Waals surface area contributed by atoms with Crippen LogP contribution in [0.3, 0.4) is 0 Å². The fourth-order valence-electron chi connectivity index (χ4n) is 3.77. The highest BCUT2D eigenvalue weighted by Gasteiger charge is 2.33. The molecule has 3 aliphatic carbocycles. The van der Waals surface area contributed by atoms with Gasteiger partial charge in [0, 0.05) is 0 Å². The number of fused-ring (bicyclic) bond motifs is 5. The second-order valence-corrected chi connectivity index (χ2v) is 5.41. The standard InChI is InChI=1S/C13H24/c1-3-11-5-4-6-12-7-8-13(11)9-10(12)2/h10-13H,3-9H2,1-2H3. The summed E-state index contributed by atoms with van der Waals surface area (Å²) < 4.78 is 0. The maximum atomic E-state index is 2.49. The van der Waals surface area contributed by atoms with Crippen molar-refractivity contribution in [3.8, 4) is 0 Å². The Kier molecular flexibility index (Phi) is 2.96. The van der Waals surface area contributed by atoms with Crippen LogP contribution in [0.25, 0.3) is 0 Å². The van der Waals surface area contributed by atoms with Crippen LogP contribution in [-0.2, 0) is 0 Å². The van der Waals surface area contributed by atoms with E-state index < -0.39 is 0 Å². The fourth-order valence-corrected chi connectivity index (χ4v) is 3.77. The van der Waals surface area contributed by atoms with E-state index in [2.05, 4.69) is 13.8 Å². The molecule has 3 rings (SSSR count). The molecule has 3 aliphatic rings. The van der Waals surface area contributed by atoms with Crippen molar-refractivity contribution in [1.29, 1.82) is 0 Å². The van der Waals surface area contributed by atoms with Crippen molar-refractivity contribution in [2.75, 3.05) is 0 Å². The van der Waals surface area contributed by atoms with E-state index in [4.69, 9.17) is 0 Å². The zero-order valence-electron chi connectivity index (χ0n) is 9.26. The van der Waals surface area contributed by atoms with E-state index in [0.717, 1.165) is 23.7 Å². The van der Waals surface area contributed by atoms with Gasteiger partial charge in [-0.05, 0) is 42.9 Å². The molecule has 4 unspecified atom stereocenters. The molecular formula is C13H24. The molecule has 0 aromatic carbocycles. The van der Waals surface area contributed by atoms with Crippen molar-refractivity contribution in [1.82, 2.24) is 0 Å². The van der Waals surface area contributed by atoms with Gasteiger partial charge >= 0.3 is 0 Å². The molecule has 0 saturated heterocycles. The smallest absolute Gasteiger partial charge is 0.0383 e. The Bertz CT molecular complexity index is 159. The summed E-state index contributed by atoms with van der Waals surface area (Å²) in [5, 5.41) is 0. The van der Waals surface area contributed by atoms with E-state index in [0.29, 0.717) is 0 Å². The molecule has 2 bridgehead atoms. The van der Waals surface area contributed by atoms with Gasteiger partial charge < -0.3 is 0 Å². The molecule has 4 atom stereocenters. The number of hydrogen-bond donors (Lipinski definition) is 0. The van der Waals surface area contributed by atoms with E-state index in [1.807, 2.05) is 0 Å². The van der Waals surface area contributed by atoms with Gasteiger partial charge in [0.15, 0.2) is 0 Å². The van der Waals surface area contributed by atoms with Crippen LogP contribution >= 0.6 is 0 Å². The summed E-state index contributed by atoms with van der Waals surface area (Å²) >= 11 is 0. The van der Waals surface area contributed by atoms with Gasteiger partial charge in [0.25, 0.3) is 0 Å². The molecule has 0 radical (unpaired) electrons. The lowest BCUT2D eigenvalue weighted by Crippen LogP contribution is -2.30. The summed E-state index contributed by atoms with van der Waals surface area (Å²) in [4.78, 5) is 0. The highest BCUT2D eigenvalue weighted by molar-refractivity contribution is 4.84. The summed E-state index contributed by atoms with van der Waals surface area (Å²) in [6.07, 6.45) is 10.7. The molecule has 0 aromatic heterocycles. The molecule has 76 valence electrons. The molecule has 0 aromatic rings. The first-order chi connectivity index (χ1) is 6.31. The van der Waals surface area contributed by atoms with Gasteiger partial charge in [0.05, 0.1) is 0 Å². The third-order valence-electron chi connectivity index (χ3n) is 4.73. The molecule has 0 amide bonds. The lowest BCUT2D eigenvalue weighted by Gasteiger charge is -2.41. The van der Waals surface area contributed by atoms with E-state index >= 15 is 0 Å². The topological polar surface area (TPSA) is 0 Å². The summed E-state index contributed by atoms with van der Waals surface area (Å²) in [6.45, 7) is 4.89. The molecule has 0 heterocycles. The monoisotopic (exact) mass is 180 g/mol. The Labute approximate surface area is 83.1 Å². The number of hydrogen-bond acceptors (Lipinski definition) is 0. The maximum absolute atomic E-state index is 2.49. The molecule has 0 spiro atoms. The highest BCUT2D eigenvalue weighted by Crippen LogP contribution is 2.44. The third-order valence-corrected chi connectivity index (χ3v) is 4.73. The van der Waals surface area contributed by atoms with Gasteiger partial charge in [-0.1, -0.05) is 39.5 Å². The maximum Gasteiger partial charge on any atom is -0.0383 e. The van der Waals surface area contributed by atoms with Crippen LogP contribution in [0.5, 0.6) is 0 Å². The van der Waals surface area contributed by atoms with Gasteiger partial charge in [0.1, 0.15) is 0 Å². The lowest BCUT2D eigenvalue weighted by atomic mass is 9.65. The Hall–Kier alpha value is 0. The van der Waals surface area contributed by atoms with E-state index in [9.17, 15) is 0 Å². The highest BCUT2D eigenvalue weighted by atomic mass is 14.4. The molecule has 0 aliphatic heterocycles. The molecule has 0 nitrogen and oxygen atoms in total. The predicted molar refractivity (Wildman–Crippen MR) is 57.6 cm³/mol. The second kappa shape index (κ2) is 4.02. The van der Waals surface area contributed by atoms with Crippen LogP contribution in [0.1, 0.15) is 58.8 Å². The zero-order chi connectivity index (χ0) is 9.26. The largest absolute Gasteiger partial charge is 0.0651 e. The first-order valence-electron chi connectivity index (χ1n) is 6.31. The molecule has 13 heavy (non-hydrogen) atoms. The van der Waals surface area contributed by atoms with E-state index in [1.165, 1.54) is 25.7 Å². The normalized spacial score (nSPS) is 45.7. The summed E-state index contributed by atoms with van der Waals surface area (Å²) in [7, 11) is 0. The SMILES string of the molecule is CCC1CCCC2CCC1CC2C. The fraction of sp³-hybridized carbons (Fsp3) is 1.00. The van der Waals surface area contributed by atoms with Gasteiger partial charge in [0.2, 0.25) is 0 Å². The summed E-state index contributed by atoms with van der Waals surface area (Å²) in [6, 6.07) is 0. The minimum absolute atomic E-state index is 1.04. The minimum Gasteiger partial charge on any atom is -0.0651 e. The van der Waals surface area contributed by atoms with Crippen molar-refractivity contribution in [3.63, 3.8) is 0 Å². The van der Waals surface area contributed by atoms with Crippen LogP contribution in [0, 0.1) is 23.7 Å². The van der Waals surface area contributed by atoms with Crippen molar-refractivity contribution in [2.45, 2.75) is 58.8 Å². The van der Waals surface area contributed by atoms with Gasteiger partial charge in [-0.3, -0.25) is 0 Å². The molecular weight excluding hydrogens is 156 g/mol. The lowest BCUT2D eigenvalue weighted by molar-refractivity contribution is 0.103. The first-order valence-corrected chi connectivity index (χ1v) is 6.31. The van der Waals surface area contributed by atoms with E-state index in [1.54, 1.807) is 19.3 Å². The Balaban J connectivity index is 2.04. The number of rotatable bonds is 1. The average molecular weight is 180 g/mol.